The topological polar surface area (TPSA) is 65.5 Å². The van der Waals surface area contributed by atoms with Crippen molar-refractivity contribution in [1.82, 2.24) is 10.6 Å². The van der Waals surface area contributed by atoms with E-state index in [1.54, 1.807) is 18.2 Å². The number of amides is 1. The lowest BCUT2D eigenvalue weighted by atomic mass is 10.1. The number of rotatable bonds is 8. The van der Waals surface area contributed by atoms with Crippen LogP contribution in [0.1, 0.15) is 39.2 Å². The molecule has 0 saturated carbocycles. The Bertz CT molecular complexity index is 600. The molecule has 0 aliphatic heterocycles. The van der Waals surface area contributed by atoms with Gasteiger partial charge in [-0.05, 0) is 30.5 Å². The van der Waals surface area contributed by atoms with Gasteiger partial charge in [0.1, 0.15) is 0 Å². The zero-order valence-corrected chi connectivity index (χ0v) is 15.4. The van der Waals surface area contributed by atoms with E-state index in [4.69, 9.17) is 0 Å². The number of alkyl halides is 3. The standard InChI is InChI=1S/C18H27F3N4O/c1-4-22-17(23-9-8-18(19,20)21)24-12-14-6-5-7-15(11-14)25-16(26)10-13(2)3/h5-7,11,13H,4,8-10,12H2,1-3H3,(H,25,26)(H2,22,23,24). The van der Waals surface area contributed by atoms with Gasteiger partial charge in [-0.3, -0.25) is 4.79 Å². The van der Waals surface area contributed by atoms with Crippen molar-refractivity contribution < 1.29 is 18.0 Å². The number of guanidine groups is 1. The number of carbonyl (C=O) groups is 1. The molecule has 1 amide bonds. The lowest BCUT2D eigenvalue weighted by Gasteiger charge is -2.13. The molecule has 0 aromatic heterocycles. The van der Waals surface area contributed by atoms with Crippen LogP contribution < -0.4 is 16.0 Å². The van der Waals surface area contributed by atoms with Gasteiger partial charge in [-0.15, -0.1) is 0 Å². The fourth-order valence-corrected chi connectivity index (χ4v) is 2.16. The number of halogens is 3. The Morgan fingerprint density at radius 3 is 2.58 bits per heavy atom. The average molecular weight is 372 g/mol. The molecule has 3 N–H and O–H groups in total. The van der Waals surface area contributed by atoms with Crippen LogP contribution in [-0.2, 0) is 11.3 Å². The first-order chi connectivity index (χ1) is 12.2. The lowest BCUT2D eigenvalue weighted by Crippen LogP contribution is -2.38. The van der Waals surface area contributed by atoms with Gasteiger partial charge in [-0.25, -0.2) is 4.99 Å². The molecule has 0 unspecified atom stereocenters. The minimum atomic E-state index is -4.20. The summed E-state index contributed by atoms with van der Waals surface area (Å²) >= 11 is 0. The Hall–Kier alpha value is -2.25. The van der Waals surface area contributed by atoms with Gasteiger partial charge in [0.25, 0.3) is 0 Å². The largest absolute Gasteiger partial charge is 0.390 e. The van der Waals surface area contributed by atoms with E-state index in [2.05, 4.69) is 20.9 Å². The SMILES string of the molecule is CCNC(=NCc1cccc(NC(=O)CC(C)C)c1)NCCC(F)(F)F. The number of hydrogen-bond donors (Lipinski definition) is 3. The zero-order valence-electron chi connectivity index (χ0n) is 15.4. The van der Waals surface area contributed by atoms with Crippen molar-refractivity contribution in [3.05, 3.63) is 29.8 Å². The molecule has 5 nitrogen and oxygen atoms in total. The van der Waals surface area contributed by atoms with Crippen molar-refractivity contribution in [3.8, 4) is 0 Å². The highest BCUT2D eigenvalue weighted by Gasteiger charge is 2.26. The first-order valence-corrected chi connectivity index (χ1v) is 8.67. The summed E-state index contributed by atoms with van der Waals surface area (Å²) in [5, 5.41) is 8.41. The van der Waals surface area contributed by atoms with Crippen LogP contribution in [0.15, 0.2) is 29.3 Å². The molecule has 0 aliphatic carbocycles. The number of aliphatic imine (C=N–C) groups is 1. The molecule has 0 heterocycles. The maximum Gasteiger partial charge on any atom is 0.390 e. The van der Waals surface area contributed by atoms with Crippen molar-refractivity contribution in [2.75, 3.05) is 18.4 Å². The van der Waals surface area contributed by atoms with Crippen molar-refractivity contribution in [1.29, 1.82) is 0 Å². The first kappa shape index (κ1) is 21.8. The van der Waals surface area contributed by atoms with Crippen LogP contribution in [0.3, 0.4) is 0 Å². The molecule has 0 saturated heterocycles. The van der Waals surface area contributed by atoms with Crippen molar-refractivity contribution in [2.24, 2.45) is 10.9 Å². The molecule has 0 spiro atoms. The molecule has 0 bridgehead atoms. The molecule has 0 aliphatic rings. The van der Waals surface area contributed by atoms with Crippen molar-refractivity contribution in [2.45, 2.75) is 46.3 Å². The summed E-state index contributed by atoms with van der Waals surface area (Å²) in [4.78, 5) is 16.1. The lowest BCUT2D eigenvalue weighted by molar-refractivity contribution is -0.132. The highest BCUT2D eigenvalue weighted by atomic mass is 19.4. The van der Waals surface area contributed by atoms with Crippen LogP contribution in [0.2, 0.25) is 0 Å². The third-order valence-corrected chi connectivity index (χ3v) is 3.27. The Morgan fingerprint density at radius 2 is 1.96 bits per heavy atom. The molecule has 146 valence electrons. The van der Waals surface area contributed by atoms with Gasteiger partial charge in [0.2, 0.25) is 5.91 Å². The van der Waals surface area contributed by atoms with Gasteiger partial charge < -0.3 is 16.0 Å². The van der Waals surface area contributed by atoms with E-state index in [1.165, 1.54) is 0 Å². The summed E-state index contributed by atoms with van der Waals surface area (Å²) in [6.45, 7) is 6.38. The van der Waals surface area contributed by atoms with Crippen LogP contribution in [0.25, 0.3) is 0 Å². The van der Waals surface area contributed by atoms with E-state index in [0.717, 1.165) is 5.56 Å². The van der Waals surface area contributed by atoms with Gasteiger partial charge in [0.05, 0.1) is 13.0 Å². The molecule has 1 aromatic rings. The monoisotopic (exact) mass is 372 g/mol. The number of carbonyl (C=O) groups excluding carboxylic acids is 1. The predicted molar refractivity (Wildman–Crippen MR) is 98.0 cm³/mol. The summed E-state index contributed by atoms with van der Waals surface area (Å²) in [6.07, 6.45) is -4.68. The first-order valence-electron chi connectivity index (χ1n) is 8.67. The Morgan fingerprint density at radius 1 is 1.23 bits per heavy atom. The van der Waals surface area contributed by atoms with Gasteiger partial charge in [0.15, 0.2) is 5.96 Å². The van der Waals surface area contributed by atoms with Crippen LogP contribution in [0.4, 0.5) is 18.9 Å². The van der Waals surface area contributed by atoms with E-state index in [-0.39, 0.29) is 24.9 Å². The van der Waals surface area contributed by atoms with E-state index in [0.29, 0.717) is 24.6 Å². The van der Waals surface area contributed by atoms with Gasteiger partial charge in [-0.1, -0.05) is 26.0 Å². The van der Waals surface area contributed by atoms with E-state index in [1.807, 2.05) is 26.8 Å². The third-order valence-electron chi connectivity index (χ3n) is 3.27. The molecule has 8 heteroatoms. The summed E-state index contributed by atoms with van der Waals surface area (Å²) in [7, 11) is 0. The maximum atomic E-state index is 12.2. The van der Waals surface area contributed by atoms with Crippen LogP contribution in [-0.4, -0.2) is 31.1 Å². The summed E-state index contributed by atoms with van der Waals surface area (Å²) in [5.74, 6) is 0.544. The molecule has 0 fully saturated rings. The third kappa shape index (κ3) is 9.90. The number of anilines is 1. The second-order valence-corrected chi connectivity index (χ2v) is 6.33. The van der Waals surface area contributed by atoms with Gasteiger partial charge in [0, 0.05) is 25.2 Å². The normalized spacial score (nSPS) is 12.2. The van der Waals surface area contributed by atoms with Gasteiger partial charge >= 0.3 is 6.18 Å². The molecular formula is C18H27F3N4O. The fraction of sp³-hybridized carbons (Fsp3) is 0.556. The molecule has 1 rings (SSSR count). The smallest absolute Gasteiger partial charge is 0.357 e. The maximum absolute atomic E-state index is 12.2. The van der Waals surface area contributed by atoms with E-state index < -0.39 is 12.6 Å². The highest BCUT2D eigenvalue weighted by Crippen LogP contribution is 2.18. The van der Waals surface area contributed by atoms with Crippen molar-refractivity contribution >= 4 is 17.6 Å². The molecule has 0 atom stereocenters. The fourth-order valence-electron chi connectivity index (χ4n) is 2.16. The molecular weight excluding hydrogens is 345 g/mol. The second-order valence-electron chi connectivity index (χ2n) is 6.33. The Kier molecular flexibility index (Phi) is 8.95. The minimum absolute atomic E-state index is 0.0530. The number of benzene rings is 1. The molecule has 0 radical (unpaired) electrons. The summed E-state index contributed by atoms with van der Waals surface area (Å²) in [6, 6.07) is 7.25. The van der Waals surface area contributed by atoms with Gasteiger partial charge in [-0.2, -0.15) is 13.2 Å². The molecule has 26 heavy (non-hydrogen) atoms. The van der Waals surface area contributed by atoms with Crippen LogP contribution in [0, 0.1) is 5.92 Å². The van der Waals surface area contributed by atoms with E-state index in [9.17, 15) is 18.0 Å². The number of nitrogens with one attached hydrogen (secondary N) is 3. The molecule has 1 aromatic carbocycles. The predicted octanol–water partition coefficient (Wildman–Crippen LogP) is 3.68. The minimum Gasteiger partial charge on any atom is -0.357 e. The van der Waals surface area contributed by atoms with E-state index >= 15 is 0 Å². The zero-order chi connectivity index (χ0) is 19.6. The number of hydrogen-bond acceptors (Lipinski definition) is 2. The average Bonchev–Trinajstić information content (AvgIpc) is 2.51. The summed E-state index contributed by atoms with van der Waals surface area (Å²) in [5.41, 5.74) is 1.53. The highest BCUT2D eigenvalue weighted by molar-refractivity contribution is 5.90. The number of nitrogens with zero attached hydrogens (tertiary/aromatic N) is 1. The van der Waals surface area contributed by atoms with Crippen molar-refractivity contribution in [3.63, 3.8) is 0 Å². The summed E-state index contributed by atoms with van der Waals surface area (Å²) < 4.78 is 36.7. The quantitative estimate of drug-likeness (QED) is 0.482. The second kappa shape index (κ2) is 10.7. The van der Waals surface area contributed by atoms with Crippen LogP contribution >= 0.6 is 0 Å². The van der Waals surface area contributed by atoms with Crippen LogP contribution in [0.5, 0.6) is 0 Å². The Labute approximate surface area is 152 Å². The Balaban J connectivity index is 2.65.